The first-order chi connectivity index (χ1) is 14.1. The maximum Gasteiger partial charge on any atom is 0.416 e. The van der Waals surface area contributed by atoms with Crippen molar-refractivity contribution in [3.05, 3.63) is 69.6 Å². The number of hydrogen-bond donors (Lipinski definition) is 1. The summed E-state index contributed by atoms with van der Waals surface area (Å²) in [5.74, 6) is -1.19. The lowest BCUT2D eigenvalue weighted by Gasteiger charge is -2.15. The van der Waals surface area contributed by atoms with Crippen LogP contribution in [0.1, 0.15) is 22.3 Å². The van der Waals surface area contributed by atoms with Gasteiger partial charge in [0.05, 0.1) is 10.5 Å². The molecule has 1 aliphatic heterocycles. The molecule has 5 nitrogen and oxygen atoms in total. The van der Waals surface area contributed by atoms with Crippen LogP contribution in [0.25, 0.3) is 6.08 Å². The van der Waals surface area contributed by atoms with Crippen molar-refractivity contribution >= 4 is 40.6 Å². The predicted octanol–water partition coefficient (Wildman–Crippen LogP) is 5.00. The van der Waals surface area contributed by atoms with Crippen molar-refractivity contribution in [2.45, 2.75) is 20.0 Å². The normalized spacial score (nSPS) is 15.8. The van der Waals surface area contributed by atoms with Gasteiger partial charge < -0.3 is 5.32 Å². The van der Waals surface area contributed by atoms with Gasteiger partial charge in [0.15, 0.2) is 0 Å². The second-order valence-corrected chi connectivity index (χ2v) is 7.70. The van der Waals surface area contributed by atoms with Crippen LogP contribution in [0.5, 0.6) is 0 Å². The highest BCUT2D eigenvalue weighted by Gasteiger charge is 2.36. The van der Waals surface area contributed by atoms with Crippen LogP contribution in [0, 0.1) is 13.8 Å². The summed E-state index contributed by atoms with van der Waals surface area (Å²) in [6.45, 7) is 3.20. The van der Waals surface area contributed by atoms with Gasteiger partial charge in [-0.15, -0.1) is 0 Å². The molecule has 0 radical (unpaired) electrons. The number of alkyl halides is 3. The van der Waals surface area contributed by atoms with Gasteiger partial charge in [-0.3, -0.25) is 19.3 Å². The summed E-state index contributed by atoms with van der Waals surface area (Å²) in [6.07, 6.45) is -3.13. The summed E-state index contributed by atoms with van der Waals surface area (Å²) in [4.78, 5) is 37.9. The van der Waals surface area contributed by atoms with Crippen molar-refractivity contribution in [2.24, 2.45) is 0 Å². The molecular weight excluding hydrogens is 417 g/mol. The number of nitrogens with zero attached hydrogens (tertiary/aromatic N) is 1. The molecule has 0 spiro atoms. The van der Waals surface area contributed by atoms with Gasteiger partial charge in [0, 0.05) is 5.69 Å². The molecule has 1 aliphatic rings. The van der Waals surface area contributed by atoms with Crippen molar-refractivity contribution in [3.8, 4) is 0 Å². The molecule has 1 N–H and O–H groups in total. The van der Waals surface area contributed by atoms with Crippen molar-refractivity contribution in [2.75, 3.05) is 11.9 Å². The summed E-state index contributed by atoms with van der Waals surface area (Å²) in [7, 11) is 0. The number of para-hydroxylation sites is 1. The summed E-state index contributed by atoms with van der Waals surface area (Å²) >= 11 is 0.637. The Morgan fingerprint density at radius 3 is 2.23 bits per heavy atom. The minimum Gasteiger partial charge on any atom is -0.324 e. The van der Waals surface area contributed by atoms with E-state index in [1.54, 1.807) is 0 Å². The molecule has 0 aromatic heterocycles. The van der Waals surface area contributed by atoms with Crippen LogP contribution in [0.3, 0.4) is 0 Å². The second kappa shape index (κ2) is 8.35. The molecule has 0 saturated carbocycles. The van der Waals surface area contributed by atoms with Gasteiger partial charge >= 0.3 is 6.18 Å². The number of rotatable bonds is 4. The lowest BCUT2D eigenvalue weighted by molar-refractivity contribution is -0.137. The maximum atomic E-state index is 12.7. The van der Waals surface area contributed by atoms with Crippen molar-refractivity contribution in [1.82, 2.24) is 4.90 Å². The molecule has 0 bridgehead atoms. The number of imide groups is 1. The van der Waals surface area contributed by atoms with Crippen molar-refractivity contribution < 1.29 is 27.6 Å². The molecule has 0 aliphatic carbocycles. The molecule has 3 amide bonds. The molecule has 0 atom stereocenters. The predicted molar refractivity (Wildman–Crippen MR) is 109 cm³/mol. The molecule has 9 heteroatoms. The first kappa shape index (κ1) is 21.6. The Hall–Kier alpha value is -3.07. The molecular formula is C21H17F3N2O3S. The third-order valence-corrected chi connectivity index (χ3v) is 5.36. The quantitative estimate of drug-likeness (QED) is 0.688. The standard InChI is InChI=1S/C21H17F3N2O3S/c1-12-4-3-5-13(2)18(12)25-17(27)11-26-19(28)16(30-20(26)29)10-14-6-8-15(9-7-14)21(22,23)24/h3-10H,11H2,1-2H3,(H,25,27)/b16-10-. The molecule has 1 saturated heterocycles. The third kappa shape index (κ3) is 4.73. The van der Waals surface area contributed by atoms with E-state index in [1.807, 2.05) is 32.0 Å². The molecule has 1 fully saturated rings. The largest absolute Gasteiger partial charge is 0.416 e. The first-order valence-corrected chi connectivity index (χ1v) is 9.66. The van der Waals surface area contributed by atoms with Crippen LogP contribution in [-0.4, -0.2) is 28.5 Å². The van der Waals surface area contributed by atoms with E-state index in [4.69, 9.17) is 0 Å². The number of aryl methyl sites for hydroxylation is 2. The zero-order chi connectivity index (χ0) is 22.1. The van der Waals surface area contributed by atoms with E-state index in [2.05, 4.69) is 5.32 Å². The average Bonchev–Trinajstić information content (AvgIpc) is 2.92. The van der Waals surface area contributed by atoms with Crippen LogP contribution in [0.4, 0.5) is 23.7 Å². The molecule has 156 valence electrons. The van der Waals surface area contributed by atoms with E-state index in [0.29, 0.717) is 23.0 Å². The number of anilines is 1. The number of amides is 3. The fourth-order valence-corrected chi connectivity index (χ4v) is 3.73. The summed E-state index contributed by atoms with van der Waals surface area (Å²) in [6, 6.07) is 9.73. The highest BCUT2D eigenvalue weighted by Crippen LogP contribution is 2.33. The number of hydrogen-bond acceptors (Lipinski definition) is 4. The SMILES string of the molecule is Cc1cccc(C)c1NC(=O)CN1C(=O)S/C(=C\c2ccc(C(F)(F)F)cc2)C1=O. The highest BCUT2D eigenvalue weighted by atomic mass is 32.2. The fourth-order valence-electron chi connectivity index (χ4n) is 2.89. The smallest absolute Gasteiger partial charge is 0.324 e. The molecule has 2 aromatic carbocycles. The van der Waals surface area contributed by atoms with Crippen LogP contribution < -0.4 is 5.32 Å². The number of thioether (sulfide) groups is 1. The monoisotopic (exact) mass is 434 g/mol. The zero-order valence-electron chi connectivity index (χ0n) is 16.0. The molecule has 0 unspecified atom stereocenters. The second-order valence-electron chi connectivity index (χ2n) is 6.70. The van der Waals surface area contributed by atoms with E-state index in [0.717, 1.165) is 28.2 Å². The summed E-state index contributed by atoms with van der Waals surface area (Å²) in [5.41, 5.74) is 1.85. The Morgan fingerprint density at radius 2 is 1.67 bits per heavy atom. The number of benzene rings is 2. The average molecular weight is 434 g/mol. The molecule has 1 heterocycles. The van der Waals surface area contributed by atoms with E-state index in [1.165, 1.54) is 18.2 Å². The minimum absolute atomic E-state index is 0.0413. The van der Waals surface area contributed by atoms with Crippen LogP contribution in [-0.2, 0) is 15.8 Å². The van der Waals surface area contributed by atoms with Crippen LogP contribution in [0.15, 0.2) is 47.4 Å². The lowest BCUT2D eigenvalue weighted by Crippen LogP contribution is -2.36. The number of nitrogens with one attached hydrogen (secondary N) is 1. The Labute approximate surface area is 174 Å². The first-order valence-electron chi connectivity index (χ1n) is 8.85. The van der Waals surface area contributed by atoms with Gasteiger partial charge in [0.25, 0.3) is 11.1 Å². The number of carbonyl (C=O) groups is 3. The summed E-state index contributed by atoms with van der Waals surface area (Å²) < 4.78 is 38.0. The minimum atomic E-state index is -4.46. The van der Waals surface area contributed by atoms with E-state index < -0.39 is 35.3 Å². The van der Waals surface area contributed by atoms with Crippen molar-refractivity contribution in [1.29, 1.82) is 0 Å². The van der Waals surface area contributed by atoms with Gasteiger partial charge in [-0.25, -0.2) is 0 Å². The van der Waals surface area contributed by atoms with Gasteiger partial charge in [-0.05, 0) is 60.5 Å². The fraction of sp³-hybridized carbons (Fsp3) is 0.190. The molecule has 30 heavy (non-hydrogen) atoms. The van der Waals surface area contributed by atoms with Gasteiger partial charge in [-0.1, -0.05) is 30.3 Å². The Balaban J connectivity index is 1.71. The maximum absolute atomic E-state index is 12.7. The molecule has 3 rings (SSSR count). The van der Waals surface area contributed by atoms with Crippen molar-refractivity contribution in [3.63, 3.8) is 0 Å². The molecule has 2 aromatic rings. The Kier molecular flexibility index (Phi) is 6.02. The van der Waals surface area contributed by atoms with E-state index >= 15 is 0 Å². The Morgan fingerprint density at radius 1 is 1.07 bits per heavy atom. The number of halogens is 3. The summed E-state index contributed by atoms with van der Waals surface area (Å²) in [5, 5.41) is 2.10. The van der Waals surface area contributed by atoms with Gasteiger partial charge in [-0.2, -0.15) is 13.2 Å². The van der Waals surface area contributed by atoms with E-state index in [9.17, 15) is 27.6 Å². The Bertz CT molecular complexity index is 1030. The van der Waals surface area contributed by atoms with Crippen LogP contribution >= 0.6 is 11.8 Å². The van der Waals surface area contributed by atoms with Gasteiger partial charge in [0.1, 0.15) is 6.54 Å². The van der Waals surface area contributed by atoms with E-state index in [-0.39, 0.29) is 4.91 Å². The van der Waals surface area contributed by atoms with Crippen LogP contribution in [0.2, 0.25) is 0 Å². The zero-order valence-corrected chi connectivity index (χ0v) is 16.9. The van der Waals surface area contributed by atoms with Gasteiger partial charge in [0.2, 0.25) is 5.91 Å². The third-order valence-electron chi connectivity index (χ3n) is 4.46. The number of carbonyl (C=O) groups excluding carboxylic acids is 3. The highest BCUT2D eigenvalue weighted by molar-refractivity contribution is 8.18. The topological polar surface area (TPSA) is 66.5 Å². The lowest BCUT2D eigenvalue weighted by atomic mass is 10.1.